The summed E-state index contributed by atoms with van der Waals surface area (Å²) < 4.78 is 11.9. The van der Waals surface area contributed by atoms with Gasteiger partial charge in [0.1, 0.15) is 0 Å². The van der Waals surface area contributed by atoms with Gasteiger partial charge in [-0.2, -0.15) is 0 Å². The van der Waals surface area contributed by atoms with Crippen molar-refractivity contribution in [2.24, 2.45) is 0 Å². The van der Waals surface area contributed by atoms with Gasteiger partial charge in [0.2, 0.25) is 0 Å². The van der Waals surface area contributed by atoms with Gasteiger partial charge in [-0.1, -0.05) is 36.4 Å². The van der Waals surface area contributed by atoms with Crippen LogP contribution in [0.3, 0.4) is 0 Å². The van der Waals surface area contributed by atoms with Crippen LogP contribution in [0.2, 0.25) is 13.1 Å². The summed E-state index contributed by atoms with van der Waals surface area (Å²) in [6.07, 6.45) is 6.67. The summed E-state index contributed by atoms with van der Waals surface area (Å²) in [7, 11) is -0.370. The smallest absolute Gasteiger partial charge is 0.280 e. The van der Waals surface area contributed by atoms with E-state index in [1.165, 1.54) is 23.7 Å². The Kier molecular flexibility index (Phi) is 6.16. The average Bonchev–Trinajstić information content (AvgIpc) is 2.91. The maximum absolute atomic E-state index is 6.35. The van der Waals surface area contributed by atoms with Crippen molar-refractivity contribution < 1.29 is 9.16 Å². The maximum Gasteiger partial charge on any atom is 0.280 e. The highest BCUT2D eigenvalue weighted by atomic mass is 28.4. The van der Waals surface area contributed by atoms with Crippen molar-refractivity contribution in [1.29, 1.82) is 0 Å². The summed E-state index contributed by atoms with van der Waals surface area (Å²) >= 11 is 0. The molecule has 2 rings (SSSR count). The molecule has 0 radical (unpaired) electrons. The van der Waals surface area contributed by atoms with Gasteiger partial charge in [0.25, 0.3) is 14.3 Å². The van der Waals surface area contributed by atoms with Crippen LogP contribution in [0.5, 0.6) is 0 Å². The number of methoxy groups -OCH3 is 1. The van der Waals surface area contributed by atoms with Crippen molar-refractivity contribution in [1.82, 2.24) is 4.90 Å². The second-order valence-corrected chi connectivity index (χ2v) is 10.8. The lowest BCUT2D eigenvalue weighted by atomic mass is 10.2. The van der Waals surface area contributed by atoms with Crippen LogP contribution >= 0.6 is 0 Å². The van der Waals surface area contributed by atoms with Crippen LogP contribution < -0.4 is 5.19 Å². The van der Waals surface area contributed by atoms with E-state index in [1.54, 1.807) is 7.11 Å². The third kappa shape index (κ3) is 4.23. The van der Waals surface area contributed by atoms with Crippen LogP contribution in [-0.2, 0) is 9.16 Å². The number of nitrogens with zero attached hydrogens (tertiary/aromatic N) is 1. The molecular formula is C20H31NO2Si. The molecule has 1 fully saturated rings. The summed E-state index contributed by atoms with van der Waals surface area (Å²) in [5, 5.41) is 1.26. The van der Waals surface area contributed by atoms with E-state index in [1.807, 2.05) is 6.07 Å². The SMILES string of the molecule is C/C=C(/C=C(\OC)O[Si](C)(C)c1ccccc1)N1[C@@H](C)CC[C@@H]1C. The Bertz CT molecular complexity index is 585. The van der Waals surface area contributed by atoms with Crippen molar-refractivity contribution in [2.75, 3.05) is 7.11 Å². The van der Waals surface area contributed by atoms with Gasteiger partial charge >= 0.3 is 0 Å². The second kappa shape index (κ2) is 7.93. The molecule has 1 saturated heterocycles. The molecule has 0 amide bonds. The van der Waals surface area contributed by atoms with Gasteiger partial charge in [0, 0.05) is 23.9 Å². The predicted octanol–water partition coefficient (Wildman–Crippen LogP) is 4.38. The van der Waals surface area contributed by atoms with Crippen LogP contribution in [0.4, 0.5) is 0 Å². The largest absolute Gasteiger partial charge is 0.515 e. The molecule has 1 aromatic carbocycles. The zero-order valence-electron chi connectivity index (χ0n) is 15.9. The Morgan fingerprint density at radius 3 is 2.21 bits per heavy atom. The predicted molar refractivity (Wildman–Crippen MR) is 103 cm³/mol. The number of hydrogen-bond acceptors (Lipinski definition) is 3. The van der Waals surface area contributed by atoms with Crippen LogP contribution in [0.1, 0.15) is 33.6 Å². The fraction of sp³-hybridized carbons (Fsp3) is 0.500. The van der Waals surface area contributed by atoms with Gasteiger partial charge in [-0.15, -0.1) is 0 Å². The average molecular weight is 346 g/mol. The Morgan fingerprint density at radius 2 is 1.71 bits per heavy atom. The molecule has 24 heavy (non-hydrogen) atoms. The van der Waals surface area contributed by atoms with Crippen molar-refractivity contribution in [3.8, 4) is 0 Å². The fourth-order valence-corrected chi connectivity index (χ4v) is 5.17. The first-order valence-corrected chi connectivity index (χ1v) is 11.7. The highest BCUT2D eigenvalue weighted by Gasteiger charge is 2.31. The molecule has 0 unspecified atom stereocenters. The number of likely N-dealkylation sites (tertiary alicyclic amines) is 1. The van der Waals surface area contributed by atoms with Gasteiger partial charge in [0.15, 0.2) is 0 Å². The van der Waals surface area contributed by atoms with E-state index >= 15 is 0 Å². The molecule has 2 atom stereocenters. The number of benzene rings is 1. The number of hydrogen-bond donors (Lipinski definition) is 0. The normalized spacial score (nSPS) is 22.7. The Labute approximate surface area is 148 Å². The molecule has 0 bridgehead atoms. The maximum atomic E-state index is 6.35. The van der Waals surface area contributed by atoms with E-state index < -0.39 is 8.32 Å². The summed E-state index contributed by atoms with van der Waals surface area (Å²) in [4.78, 5) is 2.47. The van der Waals surface area contributed by atoms with E-state index in [9.17, 15) is 0 Å². The van der Waals surface area contributed by atoms with E-state index in [-0.39, 0.29) is 0 Å². The van der Waals surface area contributed by atoms with E-state index in [2.05, 4.69) is 75.2 Å². The molecule has 0 spiro atoms. The Hall–Kier alpha value is -1.68. The lowest BCUT2D eigenvalue weighted by Crippen LogP contribution is -2.44. The summed E-state index contributed by atoms with van der Waals surface area (Å²) in [6.45, 7) is 11.1. The van der Waals surface area contributed by atoms with E-state index in [0.717, 1.165) is 0 Å². The number of rotatable bonds is 6. The molecule has 1 heterocycles. The van der Waals surface area contributed by atoms with Crippen LogP contribution in [0.25, 0.3) is 0 Å². The van der Waals surface area contributed by atoms with Gasteiger partial charge in [0.05, 0.1) is 7.11 Å². The van der Waals surface area contributed by atoms with Crippen molar-refractivity contribution in [3.05, 3.63) is 54.1 Å². The van der Waals surface area contributed by atoms with Gasteiger partial charge in [-0.3, -0.25) is 0 Å². The summed E-state index contributed by atoms with van der Waals surface area (Å²) in [6, 6.07) is 11.6. The fourth-order valence-electron chi connectivity index (χ4n) is 3.41. The molecule has 132 valence electrons. The van der Waals surface area contributed by atoms with Gasteiger partial charge in [-0.05, 0) is 51.9 Å². The third-order valence-electron chi connectivity index (χ3n) is 4.84. The Balaban J connectivity index is 2.22. The van der Waals surface area contributed by atoms with Crippen molar-refractivity contribution in [3.63, 3.8) is 0 Å². The summed E-state index contributed by atoms with van der Waals surface area (Å²) in [5.41, 5.74) is 1.18. The lowest BCUT2D eigenvalue weighted by molar-refractivity contribution is 0.146. The quantitative estimate of drug-likeness (QED) is 0.434. The molecule has 3 nitrogen and oxygen atoms in total. The van der Waals surface area contributed by atoms with Crippen LogP contribution in [0, 0.1) is 0 Å². The van der Waals surface area contributed by atoms with Crippen LogP contribution in [-0.4, -0.2) is 32.4 Å². The minimum atomic E-state index is -2.06. The van der Waals surface area contributed by atoms with E-state index in [4.69, 9.17) is 9.16 Å². The highest BCUT2D eigenvalue weighted by Crippen LogP contribution is 2.29. The number of allylic oxidation sites excluding steroid dienone is 2. The first kappa shape index (κ1) is 18.7. The zero-order chi connectivity index (χ0) is 17.7. The van der Waals surface area contributed by atoms with Gasteiger partial charge < -0.3 is 14.1 Å². The minimum Gasteiger partial charge on any atom is -0.515 e. The topological polar surface area (TPSA) is 21.7 Å². The molecule has 0 aliphatic carbocycles. The first-order valence-electron chi connectivity index (χ1n) is 8.84. The zero-order valence-corrected chi connectivity index (χ0v) is 16.9. The highest BCUT2D eigenvalue weighted by molar-refractivity contribution is 6.84. The molecule has 1 aliphatic rings. The molecule has 1 aromatic rings. The van der Waals surface area contributed by atoms with E-state index in [0.29, 0.717) is 18.0 Å². The van der Waals surface area contributed by atoms with Crippen molar-refractivity contribution >= 4 is 13.5 Å². The van der Waals surface area contributed by atoms with Crippen LogP contribution in [0.15, 0.2) is 54.1 Å². The lowest BCUT2D eigenvalue weighted by Gasteiger charge is -2.31. The third-order valence-corrected chi connectivity index (χ3v) is 7.27. The van der Waals surface area contributed by atoms with Crippen molar-refractivity contribution in [2.45, 2.75) is 58.8 Å². The number of ether oxygens (including phenoxy) is 1. The Morgan fingerprint density at radius 1 is 1.12 bits per heavy atom. The molecular weight excluding hydrogens is 314 g/mol. The molecule has 0 aromatic heterocycles. The molecule has 1 aliphatic heterocycles. The molecule has 0 saturated carbocycles. The minimum absolute atomic E-state index is 0.555. The molecule has 0 N–H and O–H groups in total. The standard InChI is InChI=1S/C20H31NO2Si/c1-7-18(21-16(2)13-14-17(21)3)15-20(22-4)23-24(5,6)19-11-9-8-10-12-19/h7-12,15-17H,13-14H2,1-6H3/b18-7-,20-15+/t16-,17-/m0/s1. The summed E-state index contributed by atoms with van der Waals surface area (Å²) in [5.74, 6) is 0.606. The first-order chi connectivity index (χ1) is 11.4. The van der Waals surface area contributed by atoms with Gasteiger partial charge in [-0.25, -0.2) is 0 Å². The second-order valence-electron chi connectivity index (χ2n) is 7.04. The monoisotopic (exact) mass is 345 g/mol. The molecule has 4 heteroatoms.